The van der Waals surface area contributed by atoms with Gasteiger partial charge in [0.1, 0.15) is 0 Å². The summed E-state index contributed by atoms with van der Waals surface area (Å²) in [5.74, 6) is 0. The number of nitrogens with zero attached hydrogens (tertiary/aromatic N) is 3. The number of hydrogen-bond acceptors (Lipinski definition) is 3. The van der Waals surface area contributed by atoms with Crippen molar-refractivity contribution in [2.24, 2.45) is 0 Å². The summed E-state index contributed by atoms with van der Waals surface area (Å²) in [6.45, 7) is 1.26. The summed E-state index contributed by atoms with van der Waals surface area (Å²) in [6.07, 6.45) is 8.74. The Balaban J connectivity index is 1.49. The number of hydrogen-bond donors (Lipinski definition) is 2. The second-order valence-electron chi connectivity index (χ2n) is 5.10. The maximum Gasteiger partial charge on any atom is 0.319 e. The summed E-state index contributed by atoms with van der Waals surface area (Å²) in [6, 6.07) is 11.4. The Morgan fingerprint density at radius 2 is 1.87 bits per heavy atom. The number of benzene rings is 1. The number of urea groups is 1. The lowest BCUT2D eigenvalue weighted by Gasteiger charge is -2.08. The van der Waals surface area contributed by atoms with Crippen molar-refractivity contribution in [2.45, 2.75) is 13.1 Å². The van der Waals surface area contributed by atoms with Gasteiger partial charge in [0.2, 0.25) is 0 Å². The van der Waals surface area contributed by atoms with Gasteiger partial charge in [-0.1, -0.05) is 24.3 Å². The molecule has 2 N–H and O–H groups in total. The van der Waals surface area contributed by atoms with E-state index in [4.69, 9.17) is 0 Å². The molecule has 2 heterocycles. The van der Waals surface area contributed by atoms with E-state index in [1.54, 1.807) is 37.1 Å². The number of carbonyl (C=O) groups is 1. The summed E-state index contributed by atoms with van der Waals surface area (Å²) >= 11 is 0. The van der Waals surface area contributed by atoms with Crippen LogP contribution in [0.15, 0.2) is 67.5 Å². The van der Waals surface area contributed by atoms with E-state index in [0.717, 1.165) is 12.1 Å². The monoisotopic (exact) mass is 307 g/mol. The Morgan fingerprint density at radius 3 is 2.57 bits per heavy atom. The van der Waals surface area contributed by atoms with E-state index in [9.17, 15) is 4.79 Å². The largest absolute Gasteiger partial charge is 0.334 e. The number of aromatic nitrogens is 3. The third-order valence-electron chi connectivity index (χ3n) is 3.32. The van der Waals surface area contributed by atoms with Crippen LogP contribution in [0.2, 0.25) is 0 Å². The number of pyridine rings is 1. The van der Waals surface area contributed by atoms with E-state index in [1.165, 1.54) is 5.56 Å². The average Bonchev–Trinajstić information content (AvgIpc) is 3.08. The SMILES string of the molecule is O=C(NCc1ccc(Cn2ccnc2)cc1)Nc1cccnc1. The van der Waals surface area contributed by atoms with Crippen LogP contribution in [0.25, 0.3) is 0 Å². The van der Waals surface area contributed by atoms with Crippen LogP contribution in [0.4, 0.5) is 10.5 Å². The maximum absolute atomic E-state index is 11.8. The van der Waals surface area contributed by atoms with Crippen molar-refractivity contribution in [1.29, 1.82) is 0 Å². The van der Waals surface area contributed by atoms with Crippen LogP contribution >= 0.6 is 0 Å². The molecule has 6 heteroatoms. The summed E-state index contributed by atoms with van der Waals surface area (Å²) in [7, 11) is 0. The lowest BCUT2D eigenvalue weighted by Crippen LogP contribution is -2.28. The van der Waals surface area contributed by atoms with Crippen LogP contribution < -0.4 is 10.6 Å². The molecule has 0 saturated heterocycles. The molecule has 116 valence electrons. The van der Waals surface area contributed by atoms with E-state index < -0.39 is 0 Å². The topological polar surface area (TPSA) is 71.8 Å². The minimum atomic E-state index is -0.250. The average molecular weight is 307 g/mol. The number of nitrogens with one attached hydrogen (secondary N) is 2. The van der Waals surface area contributed by atoms with Crippen molar-refractivity contribution in [3.05, 3.63) is 78.6 Å². The first-order valence-corrected chi connectivity index (χ1v) is 7.28. The van der Waals surface area contributed by atoms with E-state index in [0.29, 0.717) is 12.2 Å². The number of carbonyl (C=O) groups excluding carboxylic acids is 1. The molecule has 0 bridgehead atoms. The van der Waals surface area contributed by atoms with Crippen LogP contribution in [-0.4, -0.2) is 20.6 Å². The van der Waals surface area contributed by atoms with Crippen molar-refractivity contribution in [3.8, 4) is 0 Å². The molecule has 0 aliphatic carbocycles. The highest BCUT2D eigenvalue weighted by molar-refractivity contribution is 5.88. The molecule has 0 aliphatic heterocycles. The van der Waals surface area contributed by atoms with Gasteiger partial charge < -0.3 is 15.2 Å². The quantitative estimate of drug-likeness (QED) is 0.761. The minimum absolute atomic E-state index is 0.250. The Kier molecular flexibility index (Phi) is 4.63. The molecule has 23 heavy (non-hydrogen) atoms. The highest BCUT2D eigenvalue weighted by atomic mass is 16.2. The lowest BCUT2D eigenvalue weighted by molar-refractivity contribution is 0.251. The smallest absolute Gasteiger partial charge is 0.319 e. The first-order valence-electron chi connectivity index (χ1n) is 7.28. The van der Waals surface area contributed by atoms with Gasteiger partial charge in [0, 0.05) is 31.7 Å². The van der Waals surface area contributed by atoms with Gasteiger partial charge in [0.05, 0.1) is 18.2 Å². The zero-order chi connectivity index (χ0) is 15.9. The molecule has 0 fully saturated rings. The molecule has 0 spiro atoms. The molecule has 0 saturated carbocycles. The van der Waals surface area contributed by atoms with Gasteiger partial charge >= 0.3 is 6.03 Å². The van der Waals surface area contributed by atoms with E-state index in [1.807, 2.05) is 22.9 Å². The van der Waals surface area contributed by atoms with Crippen LogP contribution in [0.5, 0.6) is 0 Å². The lowest BCUT2D eigenvalue weighted by atomic mass is 10.1. The van der Waals surface area contributed by atoms with E-state index in [2.05, 4.69) is 32.7 Å². The number of imidazole rings is 1. The third-order valence-corrected chi connectivity index (χ3v) is 3.32. The molecule has 0 unspecified atom stereocenters. The van der Waals surface area contributed by atoms with E-state index >= 15 is 0 Å². The fourth-order valence-electron chi connectivity index (χ4n) is 2.15. The summed E-state index contributed by atoms with van der Waals surface area (Å²) in [5, 5.41) is 5.55. The third kappa shape index (κ3) is 4.41. The Labute approximate surface area is 134 Å². The fraction of sp³-hybridized carbons (Fsp3) is 0.118. The first kappa shape index (κ1) is 14.8. The predicted octanol–water partition coefficient (Wildman–Crippen LogP) is 2.65. The number of anilines is 1. The van der Waals surface area contributed by atoms with Gasteiger partial charge in [-0.2, -0.15) is 0 Å². The predicted molar refractivity (Wildman–Crippen MR) is 87.9 cm³/mol. The molecule has 1 aromatic carbocycles. The standard InChI is InChI=1S/C17H17N5O/c23-17(21-16-2-1-7-18-11-16)20-10-14-3-5-15(6-4-14)12-22-9-8-19-13-22/h1-9,11,13H,10,12H2,(H2,20,21,23). The summed E-state index contributed by atoms with van der Waals surface area (Å²) in [4.78, 5) is 19.8. The van der Waals surface area contributed by atoms with Crippen LogP contribution in [0.1, 0.15) is 11.1 Å². The molecule has 0 aliphatic rings. The summed E-state index contributed by atoms with van der Waals surface area (Å²) < 4.78 is 2.01. The zero-order valence-electron chi connectivity index (χ0n) is 12.5. The van der Waals surface area contributed by atoms with Crippen molar-refractivity contribution in [2.75, 3.05) is 5.32 Å². The van der Waals surface area contributed by atoms with Crippen LogP contribution in [-0.2, 0) is 13.1 Å². The maximum atomic E-state index is 11.8. The molecule has 2 aromatic heterocycles. The highest BCUT2D eigenvalue weighted by Gasteiger charge is 2.02. The molecule has 3 aromatic rings. The van der Waals surface area contributed by atoms with Gasteiger partial charge in [-0.05, 0) is 23.3 Å². The zero-order valence-corrected chi connectivity index (χ0v) is 12.5. The van der Waals surface area contributed by atoms with Crippen molar-refractivity contribution in [3.63, 3.8) is 0 Å². The van der Waals surface area contributed by atoms with Gasteiger partial charge in [-0.15, -0.1) is 0 Å². The molecule has 0 atom stereocenters. The van der Waals surface area contributed by atoms with Gasteiger partial charge in [-0.25, -0.2) is 9.78 Å². The Bertz CT molecular complexity index is 738. The van der Waals surface area contributed by atoms with Gasteiger partial charge in [0.15, 0.2) is 0 Å². The van der Waals surface area contributed by atoms with Gasteiger partial charge in [0.25, 0.3) is 0 Å². The molecule has 3 rings (SSSR count). The Morgan fingerprint density at radius 1 is 1.04 bits per heavy atom. The molecular formula is C17H17N5O. The van der Waals surface area contributed by atoms with Crippen LogP contribution in [0.3, 0.4) is 0 Å². The van der Waals surface area contributed by atoms with E-state index in [-0.39, 0.29) is 6.03 Å². The van der Waals surface area contributed by atoms with Crippen molar-refractivity contribution >= 4 is 11.7 Å². The Hall–Kier alpha value is -3.15. The number of rotatable bonds is 5. The van der Waals surface area contributed by atoms with Crippen LogP contribution in [0, 0.1) is 0 Å². The van der Waals surface area contributed by atoms with Crippen molar-refractivity contribution in [1.82, 2.24) is 19.9 Å². The molecule has 0 radical (unpaired) electrons. The number of amides is 2. The van der Waals surface area contributed by atoms with Crippen molar-refractivity contribution < 1.29 is 4.79 Å². The normalized spacial score (nSPS) is 10.3. The second kappa shape index (κ2) is 7.22. The molecule has 2 amide bonds. The summed E-state index contributed by atoms with van der Waals surface area (Å²) in [5.41, 5.74) is 2.90. The molecule has 6 nitrogen and oxygen atoms in total. The highest BCUT2D eigenvalue weighted by Crippen LogP contribution is 2.07. The van der Waals surface area contributed by atoms with Gasteiger partial charge in [-0.3, -0.25) is 4.98 Å². The fourth-order valence-corrected chi connectivity index (χ4v) is 2.15. The first-order chi connectivity index (χ1) is 11.3. The minimum Gasteiger partial charge on any atom is -0.334 e. The molecular weight excluding hydrogens is 290 g/mol. The second-order valence-corrected chi connectivity index (χ2v) is 5.10.